The molecule has 1 aromatic carbocycles. The smallest absolute Gasteiger partial charge is 0.315 e. The summed E-state index contributed by atoms with van der Waals surface area (Å²) >= 11 is 6.04. The summed E-state index contributed by atoms with van der Waals surface area (Å²) in [5.41, 5.74) is 1.33. The number of nitrogens with one attached hydrogen (secondary N) is 2. The minimum absolute atomic E-state index is 0.00611. The predicted octanol–water partition coefficient (Wildman–Crippen LogP) is 3.05. The van der Waals surface area contributed by atoms with Gasteiger partial charge in [0, 0.05) is 11.6 Å². The van der Waals surface area contributed by atoms with Crippen LogP contribution >= 0.6 is 11.6 Å². The Labute approximate surface area is 112 Å². The summed E-state index contributed by atoms with van der Waals surface area (Å²) in [5.74, 6) is 0.576. The molecule has 1 saturated carbocycles. The lowest BCUT2D eigenvalue weighted by molar-refractivity contribution is 0.231. The molecule has 1 heterocycles. The van der Waals surface area contributed by atoms with Crippen molar-refractivity contribution in [3.63, 3.8) is 0 Å². The molecule has 1 aliphatic carbocycles. The fourth-order valence-electron chi connectivity index (χ4n) is 3.14. The highest BCUT2D eigenvalue weighted by molar-refractivity contribution is 6.30. The van der Waals surface area contributed by atoms with Crippen molar-refractivity contribution < 1.29 is 4.79 Å². The van der Waals surface area contributed by atoms with Crippen LogP contribution in [-0.2, 0) is 0 Å². The molecular formula is C14H17ClN2O. The van der Waals surface area contributed by atoms with Crippen LogP contribution in [0, 0.1) is 0 Å². The molecule has 3 nitrogen and oxygen atoms in total. The third kappa shape index (κ3) is 2.19. The standard InChI is InChI=1S/C14H17ClN2O/c15-12-3-1-2-11(8-12)10-4-6-14(7-5-10)9-16-13(18)17-14/h1-3,8,10H,4-7,9H2,(H2,16,17,18). The molecule has 0 aromatic heterocycles. The average Bonchev–Trinajstić information content (AvgIpc) is 2.72. The highest BCUT2D eigenvalue weighted by atomic mass is 35.5. The topological polar surface area (TPSA) is 41.1 Å². The van der Waals surface area contributed by atoms with Crippen LogP contribution in [0.2, 0.25) is 5.02 Å². The first kappa shape index (κ1) is 11.8. The lowest BCUT2D eigenvalue weighted by Gasteiger charge is -2.36. The van der Waals surface area contributed by atoms with Crippen LogP contribution < -0.4 is 10.6 Å². The lowest BCUT2D eigenvalue weighted by Crippen LogP contribution is -2.46. The Morgan fingerprint density at radius 2 is 2.06 bits per heavy atom. The summed E-state index contributed by atoms with van der Waals surface area (Å²) in [7, 11) is 0. The van der Waals surface area contributed by atoms with E-state index in [0.717, 1.165) is 37.3 Å². The van der Waals surface area contributed by atoms with Crippen molar-refractivity contribution in [2.45, 2.75) is 37.1 Å². The number of hydrogen-bond acceptors (Lipinski definition) is 1. The lowest BCUT2D eigenvalue weighted by atomic mass is 9.74. The number of urea groups is 1. The molecule has 1 aliphatic heterocycles. The second-order valence-electron chi connectivity index (χ2n) is 5.42. The Morgan fingerprint density at radius 1 is 1.28 bits per heavy atom. The Hall–Kier alpha value is -1.22. The average molecular weight is 265 g/mol. The molecule has 4 heteroatoms. The van der Waals surface area contributed by atoms with Gasteiger partial charge in [-0.3, -0.25) is 0 Å². The summed E-state index contributed by atoms with van der Waals surface area (Å²) < 4.78 is 0. The summed E-state index contributed by atoms with van der Waals surface area (Å²) in [6.45, 7) is 0.772. The van der Waals surface area contributed by atoms with Crippen molar-refractivity contribution in [2.75, 3.05) is 6.54 Å². The molecule has 0 radical (unpaired) electrons. The van der Waals surface area contributed by atoms with Crippen LogP contribution in [0.1, 0.15) is 37.2 Å². The second kappa shape index (κ2) is 4.47. The number of amides is 2. The molecule has 2 aliphatic rings. The van der Waals surface area contributed by atoms with E-state index in [1.807, 2.05) is 12.1 Å². The molecule has 1 saturated heterocycles. The van der Waals surface area contributed by atoms with Gasteiger partial charge < -0.3 is 10.6 Å². The van der Waals surface area contributed by atoms with Gasteiger partial charge in [0.25, 0.3) is 0 Å². The zero-order valence-electron chi connectivity index (χ0n) is 10.2. The minimum Gasteiger partial charge on any atom is -0.336 e. The van der Waals surface area contributed by atoms with E-state index < -0.39 is 0 Å². The SMILES string of the molecule is O=C1NCC2(CCC(c3cccc(Cl)c3)CC2)N1. The Morgan fingerprint density at radius 3 is 2.67 bits per heavy atom. The van der Waals surface area contributed by atoms with Gasteiger partial charge in [-0.1, -0.05) is 23.7 Å². The molecule has 0 unspecified atom stereocenters. The van der Waals surface area contributed by atoms with Crippen molar-refractivity contribution in [3.05, 3.63) is 34.9 Å². The van der Waals surface area contributed by atoms with Crippen molar-refractivity contribution >= 4 is 17.6 Å². The van der Waals surface area contributed by atoms with Crippen molar-refractivity contribution in [2.24, 2.45) is 0 Å². The molecule has 18 heavy (non-hydrogen) atoms. The van der Waals surface area contributed by atoms with Gasteiger partial charge >= 0.3 is 6.03 Å². The number of benzene rings is 1. The van der Waals surface area contributed by atoms with E-state index in [0.29, 0.717) is 5.92 Å². The van der Waals surface area contributed by atoms with Gasteiger partial charge in [-0.15, -0.1) is 0 Å². The van der Waals surface area contributed by atoms with E-state index in [1.165, 1.54) is 5.56 Å². The molecule has 1 aromatic rings. The van der Waals surface area contributed by atoms with Gasteiger partial charge in [0.05, 0.1) is 5.54 Å². The predicted molar refractivity (Wildman–Crippen MR) is 71.9 cm³/mol. The normalized spacial score (nSPS) is 31.2. The fraction of sp³-hybridized carbons (Fsp3) is 0.500. The Balaban J connectivity index is 1.68. The van der Waals surface area contributed by atoms with Crippen LogP contribution in [0.4, 0.5) is 4.79 Å². The van der Waals surface area contributed by atoms with Crippen LogP contribution in [0.15, 0.2) is 24.3 Å². The summed E-state index contributed by atoms with van der Waals surface area (Å²) in [4.78, 5) is 11.3. The van der Waals surface area contributed by atoms with Gasteiger partial charge in [-0.05, 0) is 49.3 Å². The molecule has 2 fully saturated rings. The fourth-order valence-corrected chi connectivity index (χ4v) is 3.34. The van der Waals surface area contributed by atoms with Gasteiger partial charge in [-0.25, -0.2) is 4.79 Å². The number of hydrogen-bond donors (Lipinski definition) is 2. The van der Waals surface area contributed by atoms with Crippen LogP contribution in [-0.4, -0.2) is 18.1 Å². The highest BCUT2D eigenvalue weighted by Gasteiger charge is 2.40. The minimum atomic E-state index is -0.0174. The van der Waals surface area contributed by atoms with Gasteiger partial charge in [0.2, 0.25) is 0 Å². The molecule has 3 rings (SSSR count). The van der Waals surface area contributed by atoms with E-state index in [1.54, 1.807) is 0 Å². The van der Waals surface area contributed by atoms with Gasteiger partial charge in [-0.2, -0.15) is 0 Å². The van der Waals surface area contributed by atoms with E-state index in [2.05, 4.69) is 22.8 Å². The maximum Gasteiger partial charge on any atom is 0.315 e. The summed E-state index contributed by atoms with van der Waals surface area (Å²) in [5, 5.41) is 6.76. The van der Waals surface area contributed by atoms with E-state index in [9.17, 15) is 4.79 Å². The third-order valence-electron chi connectivity index (χ3n) is 4.23. The molecule has 2 N–H and O–H groups in total. The monoisotopic (exact) mass is 264 g/mol. The number of carbonyl (C=O) groups is 1. The van der Waals surface area contributed by atoms with Gasteiger partial charge in [0.15, 0.2) is 0 Å². The van der Waals surface area contributed by atoms with E-state index >= 15 is 0 Å². The maximum absolute atomic E-state index is 11.3. The van der Waals surface area contributed by atoms with Gasteiger partial charge in [0.1, 0.15) is 0 Å². The quantitative estimate of drug-likeness (QED) is 0.804. The van der Waals surface area contributed by atoms with Crippen LogP contribution in [0.25, 0.3) is 0 Å². The number of halogens is 1. The van der Waals surface area contributed by atoms with Crippen molar-refractivity contribution in [1.82, 2.24) is 10.6 Å². The number of carbonyl (C=O) groups excluding carboxylic acids is 1. The first-order valence-electron chi connectivity index (χ1n) is 6.48. The highest BCUT2D eigenvalue weighted by Crippen LogP contribution is 2.39. The molecule has 2 amide bonds. The van der Waals surface area contributed by atoms with Crippen LogP contribution in [0.5, 0.6) is 0 Å². The molecule has 96 valence electrons. The van der Waals surface area contributed by atoms with E-state index in [-0.39, 0.29) is 11.6 Å². The Bertz CT molecular complexity index is 467. The molecular weight excluding hydrogens is 248 g/mol. The first-order chi connectivity index (χ1) is 8.67. The van der Waals surface area contributed by atoms with Crippen molar-refractivity contribution in [1.29, 1.82) is 0 Å². The molecule has 0 atom stereocenters. The molecule has 0 bridgehead atoms. The molecule has 1 spiro atoms. The largest absolute Gasteiger partial charge is 0.336 e. The van der Waals surface area contributed by atoms with Crippen molar-refractivity contribution in [3.8, 4) is 0 Å². The zero-order valence-corrected chi connectivity index (χ0v) is 11.0. The third-order valence-corrected chi connectivity index (χ3v) is 4.46. The zero-order chi connectivity index (χ0) is 12.6. The number of rotatable bonds is 1. The summed E-state index contributed by atoms with van der Waals surface area (Å²) in [6.07, 6.45) is 4.32. The second-order valence-corrected chi connectivity index (χ2v) is 5.85. The van der Waals surface area contributed by atoms with Crippen LogP contribution in [0.3, 0.4) is 0 Å². The first-order valence-corrected chi connectivity index (χ1v) is 6.86. The maximum atomic E-state index is 11.3. The van der Waals surface area contributed by atoms with E-state index in [4.69, 9.17) is 11.6 Å². The summed E-state index contributed by atoms with van der Waals surface area (Å²) in [6, 6.07) is 8.13. The Kier molecular flexibility index (Phi) is 2.94.